The average molecular weight is 732 g/mol. The molecule has 0 bridgehead atoms. The highest BCUT2D eigenvalue weighted by molar-refractivity contribution is 8.45. The summed E-state index contributed by atoms with van der Waals surface area (Å²) >= 11 is 0. The van der Waals surface area contributed by atoms with E-state index in [0.29, 0.717) is 32.2 Å². The molecule has 1 saturated carbocycles. The van der Waals surface area contributed by atoms with E-state index in [1.54, 1.807) is 0 Å². The average Bonchev–Trinajstić information content (AvgIpc) is 3.00. The van der Waals surface area contributed by atoms with E-state index >= 15 is 0 Å². The van der Waals surface area contributed by atoms with Gasteiger partial charge in [0.15, 0.2) is 0 Å². The highest BCUT2D eigenvalue weighted by Crippen LogP contribution is 3.02. The number of halogens is 5. The first kappa shape index (κ1) is 41.0. The lowest BCUT2D eigenvalue weighted by molar-refractivity contribution is -0.141. The van der Waals surface area contributed by atoms with Crippen LogP contribution in [0.5, 0.6) is 0 Å². The van der Waals surface area contributed by atoms with Crippen molar-refractivity contribution in [3.8, 4) is 0 Å². The summed E-state index contributed by atoms with van der Waals surface area (Å²) < 4.78 is 67.2. The molecule has 1 aliphatic carbocycles. The maximum atomic E-state index is 13.4. The molecule has 14 nitrogen and oxygen atoms in total. The maximum Gasteiger partial charge on any atom is 0.326 e. The Hall–Kier alpha value is -4.20. The first-order valence-electron chi connectivity index (χ1n) is 15.4. The molecule has 1 aromatic carbocycles. The molecule has 20 heteroatoms. The fourth-order valence-electron chi connectivity index (χ4n) is 5.26. The predicted octanol–water partition coefficient (Wildman–Crippen LogP) is 3.49. The standard InChI is InChI=1S/C29H42F5N5O9S/c30-49(31,32,33,34)20-5-3-4-18(14-20)15-23(37-25(42)19-9-7-17(16-35)8-10-19)26(43)36-13-2-1-6-21(27(44)45)38-29(48)39-22(28(46)47)11-12-24(40)41/h3-5,14,17,19,21-23H,1-2,6-13,15-16,35H2,(H,36,43)(H,37,42)(H,40,41)(H,44,45)(H,46,47)(H2,38,39,48)/t17?,19?,21-,22-,23-/m0/s1. The highest BCUT2D eigenvalue weighted by Gasteiger charge is 2.65. The number of nitrogens with two attached hydrogens (primary N) is 1. The zero-order valence-electron chi connectivity index (χ0n) is 26.3. The van der Waals surface area contributed by atoms with E-state index in [1.807, 2.05) is 5.32 Å². The van der Waals surface area contributed by atoms with Crippen molar-refractivity contribution in [2.75, 3.05) is 13.1 Å². The number of urea groups is 1. The maximum absolute atomic E-state index is 13.4. The van der Waals surface area contributed by atoms with Crippen molar-refractivity contribution in [2.45, 2.75) is 87.2 Å². The van der Waals surface area contributed by atoms with Gasteiger partial charge in [-0.15, -0.1) is 0 Å². The minimum Gasteiger partial charge on any atom is -0.481 e. The monoisotopic (exact) mass is 731 g/mol. The molecule has 3 atom stereocenters. The molecule has 0 unspecified atom stereocenters. The van der Waals surface area contributed by atoms with Crippen molar-refractivity contribution in [1.82, 2.24) is 21.3 Å². The third-order valence-electron chi connectivity index (χ3n) is 8.04. The van der Waals surface area contributed by atoms with E-state index in [4.69, 9.17) is 15.9 Å². The van der Waals surface area contributed by atoms with Crippen LogP contribution in [0.15, 0.2) is 29.2 Å². The minimum atomic E-state index is -10.0. The zero-order valence-corrected chi connectivity index (χ0v) is 27.2. The molecule has 0 radical (unpaired) electrons. The molecule has 278 valence electrons. The molecule has 0 saturated heterocycles. The van der Waals surface area contributed by atoms with Gasteiger partial charge in [-0.3, -0.25) is 14.4 Å². The molecule has 0 spiro atoms. The van der Waals surface area contributed by atoms with Crippen molar-refractivity contribution in [3.05, 3.63) is 29.8 Å². The van der Waals surface area contributed by atoms with Gasteiger partial charge in [-0.2, -0.15) is 0 Å². The molecule has 2 rings (SSSR count). The van der Waals surface area contributed by atoms with Crippen LogP contribution in [0.4, 0.5) is 24.2 Å². The first-order chi connectivity index (χ1) is 22.6. The fraction of sp³-hybridized carbons (Fsp3) is 0.586. The van der Waals surface area contributed by atoms with Crippen LogP contribution in [-0.2, 0) is 30.4 Å². The number of amides is 4. The quantitative estimate of drug-likeness (QED) is 0.0762. The Balaban J connectivity index is 2.03. The molecular weight excluding hydrogens is 689 g/mol. The van der Waals surface area contributed by atoms with E-state index in [9.17, 15) is 53.3 Å². The van der Waals surface area contributed by atoms with Crippen molar-refractivity contribution >= 4 is 46.0 Å². The first-order valence-corrected chi connectivity index (χ1v) is 17.4. The molecule has 1 fully saturated rings. The second-order valence-electron chi connectivity index (χ2n) is 12.0. The third kappa shape index (κ3) is 14.4. The molecule has 49 heavy (non-hydrogen) atoms. The Kier molecular flexibility index (Phi) is 13.8. The second kappa shape index (κ2) is 16.5. The van der Waals surface area contributed by atoms with Gasteiger partial charge in [-0.1, -0.05) is 31.6 Å². The molecule has 9 N–H and O–H groups in total. The van der Waals surface area contributed by atoms with Crippen LogP contribution in [-0.4, -0.2) is 82.3 Å². The summed E-state index contributed by atoms with van der Waals surface area (Å²) in [6.07, 6.45) is 0.739. The SMILES string of the molecule is NCC1CCC(C(=O)N[C@@H](Cc2cccc(S(F)(F)(F)(F)F)c2)C(=O)NCCCC[C@H](NC(=O)N[C@@H](CCC(=O)O)C(=O)O)C(=O)O)CC1. The zero-order chi connectivity index (χ0) is 37.1. The van der Waals surface area contributed by atoms with Crippen molar-refractivity contribution in [3.63, 3.8) is 0 Å². The van der Waals surface area contributed by atoms with E-state index < -0.39 is 94.2 Å². The number of carboxylic acid groups (broad SMARTS) is 3. The van der Waals surface area contributed by atoms with Gasteiger partial charge in [0, 0.05) is 25.3 Å². The molecule has 0 aliphatic heterocycles. The van der Waals surface area contributed by atoms with E-state index in [-0.39, 0.29) is 49.4 Å². The molecular formula is C29H42F5N5O9S. The normalized spacial score (nSPS) is 19.6. The largest absolute Gasteiger partial charge is 0.481 e. The smallest absolute Gasteiger partial charge is 0.326 e. The van der Waals surface area contributed by atoms with E-state index in [2.05, 4.69) is 16.0 Å². The number of carbonyl (C=O) groups is 6. The Morgan fingerprint density at radius 2 is 1.41 bits per heavy atom. The Morgan fingerprint density at radius 1 is 0.816 bits per heavy atom. The second-order valence-corrected chi connectivity index (χ2v) is 14.4. The summed E-state index contributed by atoms with van der Waals surface area (Å²) in [4.78, 5) is 69.8. The van der Waals surface area contributed by atoms with Gasteiger partial charge < -0.3 is 42.3 Å². The van der Waals surface area contributed by atoms with Gasteiger partial charge >= 0.3 is 34.2 Å². The summed E-state index contributed by atoms with van der Waals surface area (Å²) in [6, 6.07) is -3.33. The van der Waals surface area contributed by atoms with Gasteiger partial charge in [-0.25, -0.2) is 14.4 Å². The highest BCUT2D eigenvalue weighted by atomic mass is 32.5. The number of benzene rings is 1. The van der Waals surface area contributed by atoms with E-state index in [1.165, 1.54) is 0 Å². The Bertz CT molecular complexity index is 1380. The number of nitrogens with one attached hydrogen (secondary N) is 4. The number of hydrogen-bond acceptors (Lipinski definition) is 7. The van der Waals surface area contributed by atoms with Crippen LogP contribution in [0.2, 0.25) is 0 Å². The molecule has 4 amide bonds. The van der Waals surface area contributed by atoms with Crippen LogP contribution in [0.1, 0.15) is 63.4 Å². The number of carboxylic acids is 3. The van der Waals surface area contributed by atoms with Crippen LogP contribution >= 0.6 is 10.2 Å². The van der Waals surface area contributed by atoms with E-state index in [0.717, 1.165) is 12.1 Å². The van der Waals surface area contributed by atoms with Crippen LogP contribution in [0.3, 0.4) is 0 Å². The number of rotatable bonds is 19. The van der Waals surface area contributed by atoms with Gasteiger partial charge in [0.05, 0.1) is 0 Å². The number of unbranched alkanes of at least 4 members (excludes halogenated alkanes) is 1. The lowest BCUT2D eigenvalue weighted by atomic mass is 9.81. The molecule has 1 aliphatic rings. The van der Waals surface area contributed by atoms with Gasteiger partial charge in [0.2, 0.25) is 11.8 Å². The van der Waals surface area contributed by atoms with Gasteiger partial charge in [0.25, 0.3) is 0 Å². The lowest BCUT2D eigenvalue weighted by Crippen LogP contribution is -2.51. The predicted molar refractivity (Wildman–Crippen MR) is 166 cm³/mol. The van der Waals surface area contributed by atoms with Crippen molar-refractivity contribution in [1.29, 1.82) is 0 Å². The van der Waals surface area contributed by atoms with Crippen molar-refractivity contribution in [2.24, 2.45) is 17.6 Å². The summed E-state index contributed by atoms with van der Waals surface area (Å²) in [7, 11) is -10.0. The van der Waals surface area contributed by atoms with Crippen LogP contribution in [0, 0.1) is 11.8 Å². The topological polar surface area (TPSA) is 237 Å². The Labute approximate surface area is 278 Å². The molecule has 0 heterocycles. The lowest BCUT2D eigenvalue weighted by Gasteiger charge is -2.40. The summed E-state index contributed by atoms with van der Waals surface area (Å²) in [5.41, 5.74) is 5.41. The summed E-state index contributed by atoms with van der Waals surface area (Å²) in [6.45, 7) is 0.339. The fourth-order valence-corrected chi connectivity index (χ4v) is 5.97. The van der Waals surface area contributed by atoms with Crippen LogP contribution in [0.25, 0.3) is 0 Å². The number of hydrogen-bond donors (Lipinski definition) is 8. The molecule has 0 aromatic heterocycles. The molecule has 1 aromatic rings. The minimum absolute atomic E-state index is 0.0895. The third-order valence-corrected chi connectivity index (χ3v) is 9.18. The van der Waals surface area contributed by atoms with Gasteiger partial charge in [0.1, 0.15) is 23.0 Å². The van der Waals surface area contributed by atoms with Crippen LogP contribution < -0.4 is 27.0 Å². The Morgan fingerprint density at radius 3 is 1.94 bits per heavy atom. The number of carbonyl (C=O) groups excluding carboxylic acids is 3. The van der Waals surface area contributed by atoms with Gasteiger partial charge in [-0.05, 0) is 81.5 Å². The van der Waals surface area contributed by atoms with Crippen molar-refractivity contribution < 1.29 is 63.5 Å². The summed E-state index contributed by atoms with van der Waals surface area (Å²) in [5.74, 6) is -5.91. The summed E-state index contributed by atoms with van der Waals surface area (Å²) in [5, 5.41) is 36.4. The number of aliphatic carboxylic acids is 3.